The normalized spacial score (nSPS) is 22.0. The summed E-state index contributed by atoms with van der Waals surface area (Å²) in [4.78, 5) is 3.92. The van der Waals surface area contributed by atoms with Crippen LogP contribution < -0.4 is 16.4 Å². The van der Waals surface area contributed by atoms with Gasteiger partial charge < -0.3 is 5.43 Å². The van der Waals surface area contributed by atoms with E-state index in [4.69, 9.17) is 0 Å². The number of rotatable bonds is 0. The van der Waals surface area contributed by atoms with Gasteiger partial charge in [0.25, 0.3) is 0 Å². The second-order valence-electron chi connectivity index (χ2n) is 1.48. The van der Waals surface area contributed by atoms with Crippen LogP contribution in [0.1, 0.15) is 0 Å². The van der Waals surface area contributed by atoms with E-state index in [1.807, 2.05) is 0 Å². The predicted molar refractivity (Wildman–Crippen MR) is 27.8 cm³/mol. The summed E-state index contributed by atoms with van der Waals surface area (Å²) in [5.41, 5.74) is 8.35. The molecule has 3 N–H and O–H groups in total. The van der Waals surface area contributed by atoms with Crippen LogP contribution in [0, 0.1) is 0 Å². The molecular formula is C3H5N5. The molecule has 8 heavy (non-hydrogen) atoms. The quantitative estimate of drug-likeness (QED) is 0.362. The molecule has 0 aromatic heterocycles. The van der Waals surface area contributed by atoms with Crippen molar-refractivity contribution >= 4 is 6.34 Å². The maximum absolute atomic E-state index is 3.92. The maximum atomic E-state index is 3.92. The molecule has 0 aromatic carbocycles. The van der Waals surface area contributed by atoms with E-state index in [0.717, 1.165) is 5.82 Å². The van der Waals surface area contributed by atoms with Crippen LogP contribution in [-0.2, 0) is 0 Å². The van der Waals surface area contributed by atoms with E-state index >= 15 is 0 Å². The number of nitrogens with one attached hydrogen (secondary N) is 3. The molecule has 0 fully saturated rings. The summed E-state index contributed by atoms with van der Waals surface area (Å²) >= 11 is 0. The highest BCUT2D eigenvalue weighted by molar-refractivity contribution is 5.58. The van der Waals surface area contributed by atoms with Crippen molar-refractivity contribution in [1.82, 2.24) is 21.5 Å². The first-order chi connectivity index (χ1) is 3.97. The molecular weight excluding hydrogens is 106 g/mol. The zero-order valence-electron chi connectivity index (χ0n) is 4.05. The standard InChI is InChI=1S/C3H5N5/c1-3-4-2-6-8(3)7-5-1/h1-2,5,7H,(H,4,6). The number of nitrogens with zero attached hydrogens (tertiary/aromatic N) is 2. The van der Waals surface area contributed by atoms with Crippen LogP contribution >= 0.6 is 0 Å². The van der Waals surface area contributed by atoms with Gasteiger partial charge in [0.05, 0.1) is 6.20 Å². The third kappa shape index (κ3) is 0.311. The van der Waals surface area contributed by atoms with Gasteiger partial charge in [-0.3, -0.25) is 5.43 Å². The smallest absolute Gasteiger partial charge is 0.184 e. The summed E-state index contributed by atoms with van der Waals surface area (Å²) in [6, 6.07) is 0. The molecule has 0 amide bonds. The molecule has 0 spiro atoms. The molecule has 0 aromatic rings. The fraction of sp³-hybridized carbons (Fsp3) is 0. The molecule has 0 aliphatic carbocycles. The summed E-state index contributed by atoms with van der Waals surface area (Å²) in [5, 5.41) is 1.67. The molecule has 2 heterocycles. The minimum Gasteiger partial charge on any atom is -0.306 e. The van der Waals surface area contributed by atoms with E-state index in [2.05, 4.69) is 21.4 Å². The van der Waals surface area contributed by atoms with Gasteiger partial charge in [-0.2, -0.15) is 5.12 Å². The zero-order valence-corrected chi connectivity index (χ0v) is 4.05. The molecule has 2 aliphatic heterocycles. The van der Waals surface area contributed by atoms with E-state index in [1.54, 1.807) is 17.7 Å². The van der Waals surface area contributed by atoms with Gasteiger partial charge in [-0.15, -0.1) is 5.53 Å². The Morgan fingerprint density at radius 1 is 1.62 bits per heavy atom. The first kappa shape index (κ1) is 3.73. The van der Waals surface area contributed by atoms with Crippen LogP contribution in [0.5, 0.6) is 0 Å². The van der Waals surface area contributed by atoms with Crippen molar-refractivity contribution in [3.05, 3.63) is 12.0 Å². The number of hydrazine groups is 3. The monoisotopic (exact) mass is 111 g/mol. The molecule has 0 unspecified atom stereocenters. The number of hydrogen-bond acceptors (Lipinski definition) is 5. The topological polar surface area (TPSA) is 51.7 Å². The van der Waals surface area contributed by atoms with Crippen LogP contribution in [0.4, 0.5) is 0 Å². The van der Waals surface area contributed by atoms with E-state index in [0.29, 0.717) is 0 Å². The van der Waals surface area contributed by atoms with Crippen molar-refractivity contribution in [2.45, 2.75) is 0 Å². The molecule has 0 radical (unpaired) electrons. The molecule has 2 aliphatic rings. The Morgan fingerprint density at radius 3 is 3.50 bits per heavy atom. The lowest BCUT2D eigenvalue weighted by Crippen LogP contribution is -2.43. The van der Waals surface area contributed by atoms with Crippen LogP contribution in [0.25, 0.3) is 0 Å². The summed E-state index contributed by atoms with van der Waals surface area (Å²) in [5.74, 6) is 0.852. The van der Waals surface area contributed by atoms with Gasteiger partial charge in [-0.25, -0.2) is 4.99 Å². The highest BCUT2D eigenvalue weighted by atomic mass is 15.9. The predicted octanol–water partition coefficient (Wildman–Crippen LogP) is -1.34. The van der Waals surface area contributed by atoms with Gasteiger partial charge in [0.15, 0.2) is 5.82 Å². The highest BCUT2D eigenvalue weighted by Crippen LogP contribution is 2.04. The molecule has 2 rings (SSSR count). The summed E-state index contributed by atoms with van der Waals surface area (Å²) in [6.07, 6.45) is 3.37. The minimum absolute atomic E-state index is 0.852. The largest absolute Gasteiger partial charge is 0.306 e. The van der Waals surface area contributed by atoms with Gasteiger partial charge in [0.2, 0.25) is 0 Å². The summed E-state index contributed by atoms with van der Waals surface area (Å²) in [7, 11) is 0. The minimum atomic E-state index is 0.852. The molecule has 42 valence electrons. The Balaban J connectivity index is 2.31. The summed E-state index contributed by atoms with van der Waals surface area (Å²) < 4.78 is 0. The van der Waals surface area contributed by atoms with Crippen LogP contribution in [-0.4, -0.2) is 11.5 Å². The first-order valence-corrected chi connectivity index (χ1v) is 2.27. The fourth-order valence-electron chi connectivity index (χ4n) is 0.629. The number of fused-ring (bicyclic) bond motifs is 1. The lowest BCUT2D eigenvalue weighted by molar-refractivity contribution is 0.228. The first-order valence-electron chi connectivity index (χ1n) is 2.27. The van der Waals surface area contributed by atoms with Crippen molar-refractivity contribution in [2.24, 2.45) is 4.99 Å². The van der Waals surface area contributed by atoms with E-state index in [1.165, 1.54) is 0 Å². The fourth-order valence-corrected chi connectivity index (χ4v) is 0.629. The molecule has 0 saturated heterocycles. The van der Waals surface area contributed by atoms with Gasteiger partial charge in [0.1, 0.15) is 6.34 Å². The lowest BCUT2D eigenvalue weighted by Gasteiger charge is -2.09. The van der Waals surface area contributed by atoms with Gasteiger partial charge in [0, 0.05) is 0 Å². The van der Waals surface area contributed by atoms with Crippen molar-refractivity contribution in [3.63, 3.8) is 0 Å². The van der Waals surface area contributed by atoms with E-state index in [9.17, 15) is 0 Å². The third-order valence-electron chi connectivity index (χ3n) is 0.990. The third-order valence-corrected chi connectivity index (χ3v) is 0.990. The molecule has 5 heteroatoms. The number of aliphatic imine (C=N–C) groups is 1. The molecule has 0 saturated carbocycles. The Bertz CT molecular complexity index is 159. The summed E-state index contributed by atoms with van der Waals surface area (Å²) in [6.45, 7) is 0. The Hall–Kier alpha value is -1.23. The van der Waals surface area contributed by atoms with Crippen LogP contribution in [0.3, 0.4) is 0 Å². The SMILES string of the molecule is C1=NC2=CNNN2N1. The Labute approximate surface area is 46.0 Å². The molecule has 5 nitrogen and oxygen atoms in total. The van der Waals surface area contributed by atoms with Crippen molar-refractivity contribution in [1.29, 1.82) is 0 Å². The lowest BCUT2D eigenvalue weighted by atomic mass is 10.8. The Kier molecular flexibility index (Phi) is 0.528. The van der Waals surface area contributed by atoms with E-state index in [-0.39, 0.29) is 0 Å². The second-order valence-corrected chi connectivity index (χ2v) is 1.48. The second kappa shape index (κ2) is 1.13. The van der Waals surface area contributed by atoms with Gasteiger partial charge >= 0.3 is 0 Å². The van der Waals surface area contributed by atoms with Crippen LogP contribution in [0.15, 0.2) is 17.0 Å². The maximum Gasteiger partial charge on any atom is 0.184 e. The number of hydrogen-bond donors (Lipinski definition) is 3. The van der Waals surface area contributed by atoms with Gasteiger partial charge in [-0.1, -0.05) is 0 Å². The molecule has 0 bridgehead atoms. The highest BCUT2D eigenvalue weighted by Gasteiger charge is 2.15. The van der Waals surface area contributed by atoms with Crippen molar-refractivity contribution in [2.75, 3.05) is 0 Å². The molecule has 0 atom stereocenters. The zero-order chi connectivity index (χ0) is 5.40. The average molecular weight is 111 g/mol. The average Bonchev–Trinajstić information content (AvgIpc) is 2.15. The van der Waals surface area contributed by atoms with E-state index < -0.39 is 0 Å². The van der Waals surface area contributed by atoms with Crippen LogP contribution in [0.2, 0.25) is 0 Å². The van der Waals surface area contributed by atoms with Crippen molar-refractivity contribution < 1.29 is 0 Å². The van der Waals surface area contributed by atoms with Gasteiger partial charge in [-0.05, 0) is 0 Å². The Morgan fingerprint density at radius 2 is 2.62 bits per heavy atom. The van der Waals surface area contributed by atoms with Crippen molar-refractivity contribution in [3.8, 4) is 0 Å².